The predicted molar refractivity (Wildman–Crippen MR) is 84.2 cm³/mol. The molecule has 5 nitrogen and oxygen atoms in total. The van der Waals surface area contributed by atoms with Crippen molar-refractivity contribution >= 4 is 0 Å². The van der Waals surface area contributed by atoms with E-state index in [1.807, 2.05) is 45.0 Å². The molecule has 1 aliphatic heterocycles. The number of nitrogens with zero attached hydrogens (tertiary/aromatic N) is 3. The van der Waals surface area contributed by atoms with Crippen molar-refractivity contribution in [1.82, 2.24) is 15.1 Å². The van der Waals surface area contributed by atoms with Gasteiger partial charge in [-0.15, -0.1) is 10.2 Å². The lowest BCUT2D eigenvalue weighted by Gasteiger charge is -2.32. The van der Waals surface area contributed by atoms with E-state index < -0.39 is 5.60 Å². The highest BCUT2D eigenvalue weighted by Crippen LogP contribution is 2.28. The van der Waals surface area contributed by atoms with E-state index in [4.69, 9.17) is 4.42 Å². The van der Waals surface area contributed by atoms with Crippen LogP contribution in [0.2, 0.25) is 0 Å². The lowest BCUT2D eigenvalue weighted by atomic mass is 9.97. The summed E-state index contributed by atoms with van der Waals surface area (Å²) in [5.74, 6) is 1.15. The van der Waals surface area contributed by atoms with E-state index in [1.54, 1.807) is 0 Å². The average Bonchev–Trinajstić information content (AvgIpc) is 3.09. The van der Waals surface area contributed by atoms with Crippen molar-refractivity contribution in [3.8, 4) is 11.5 Å². The topological polar surface area (TPSA) is 62.4 Å². The van der Waals surface area contributed by atoms with Gasteiger partial charge in [-0.3, -0.25) is 4.90 Å². The van der Waals surface area contributed by atoms with E-state index in [0.29, 0.717) is 18.3 Å². The summed E-state index contributed by atoms with van der Waals surface area (Å²) in [5.41, 5.74) is 1.43. The van der Waals surface area contributed by atoms with Crippen molar-refractivity contribution in [3.05, 3.63) is 35.7 Å². The molecule has 2 aromatic rings. The molecule has 1 aliphatic rings. The van der Waals surface area contributed by atoms with Crippen LogP contribution in [0.15, 0.2) is 28.7 Å². The summed E-state index contributed by atoms with van der Waals surface area (Å²) in [6, 6.07) is 8.18. The zero-order chi connectivity index (χ0) is 15.7. The number of aromatic nitrogens is 2. The second-order valence-electron chi connectivity index (χ2n) is 6.65. The molecule has 1 saturated heterocycles. The van der Waals surface area contributed by atoms with Crippen LogP contribution in [0.1, 0.15) is 38.1 Å². The number of likely N-dealkylation sites (tertiary alicyclic amines) is 1. The summed E-state index contributed by atoms with van der Waals surface area (Å²) < 4.78 is 5.79. The molecule has 1 N–H and O–H groups in total. The third-order valence-corrected chi connectivity index (χ3v) is 4.28. The van der Waals surface area contributed by atoms with E-state index in [-0.39, 0.29) is 6.04 Å². The highest BCUT2D eigenvalue weighted by molar-refractivity contribution is 5.52. The van der Waals surface area contributed by atoms with E-state index in [2.05, 4.69) is 15.1 Å². The van der Waals surface area contributed by atoms with Gasteiger partial charge in [0, 0.05) is 11.6 Å². The Balaban J connectivity index is 1.73. The van der Waals surface area contributed by atoms with Gasteiger partial charge in [-0.2, -0.15) is 0 Å². The van der Waals surface area contributed by atoms with Crippen molar-refractivity contribution in [2.75, 3.05) is 6.54 Å². The maximum atomic E-state index is 10.3. The Bertz CT molecular complexity index is 628. The minimum Gasteiger partial charge on any atom is -0.419 e. The minimum absolute atomic E-state index is 0.141. The molecule has 0 saturated carbocycles. The second-order valence-corrected chi connectivity index (χ2v) is 6.65. The first-order valence-electron chi connectivity index (χ1n) is 7.79. The third kappa shape index (κ3) is 3.20. The first-order chi connectivity index (χ1) is 10.4. The van der Waals surface area contributed by atoms with Gasteiger partial charge in [-0.25, -0.2) is 0 Å². The Morgan fingerprint density at radius 1 is 1.27 bits per heavy atom. The molecule has 1 atom stereocenters. The van der Waals surface area contributed by atoms with E-state index >= 15 is 0 Å². The Morgan fingerprint density at radius 3 is 2.68 bits per heavy atom. The van der Waals surface area contributed by atoms with Gasteiger partial charge in [0.2, 0.25) is 11.8 Å². The van der Waals surface area contributed by atoms with Crippen LogP contribution < -0.4 is 0 Å². The molecule has 1 fully saturated rings. The Labute approximate surface area is 131 Å². The molecule has 0 spiro atoms. The summed E-state index contributed by atoms with van der Waals surface area (Å²) in [5, 5.41) is 18.6. The van der Waals surface area contributed by atoms with Gasteiger partial charge in [0.25, 0.3) is 0 Å². The summed E-state index contributed by atoms with van der Waals surface area (Å²) in [4.78, 5) is 2.23. The number of aryl methyl sites for hydroxylation is 1. The normalized spacial score (nSPS) is 19.7. The summed E-state index contributed by atoms with van der Waals surface area (Å²) in [6.07, 6.45) is 2.09. The molecule has 2 heterocycles. The number of rotatable bonds is 4. The van der Waals surface area contributed by atoms with Gasteiger partial charge in [0.1, 0.15) is 0 Å². The lowest BCUT2D eigenvalue weighted by Crippen LogP contribution is -2.45. The summed E-state index contributed by atoms with van der Waals surface area (Å²) in [6.45, 7) is 7.32. The molecule has 1 aromatic heterocycles. The van der Waals surface area contributed by atoms with Crippen LogP contribution in [0.3, 0.4) is 0 Å². The molecule has 1 aromatic carbocycles. The Hall–Kier alpha value is -1.72. The van der Waals surface area contributed by atoms with Gasteiger partial charge < -0.3 is 9.52 Å². The van der Waals surface area contributed by atoms with Crippen molar-refractivity contribution in [3.63, 3.8) is 0 Å². The van der Waals surface area contributed by atoms with Crippen molar-refractivity contribution in [2.24, 2.45) is 0 Å². The smallest absolute Gasteiger partial charge is 0.247 e. The molecule has 118 valence electrons. The van der Waals surface area contributed by atoms with Crippen LogP contribution >= 0.6 is 0 Å². The lowest BCUT2D eigenvalue weighted by molar-refractivity contribution is -0.00723. The van der Waals surface area contributed by atoms with Crippen LogP contribution in [-0.2, 0) is 6.54 Å². The van der Waals surface area contributed by atoms with Gasteiger partial charge in [0.15, 0.2) is 0 Å². The SMILES string of the molecule is Cc1ccc(-c2nnc(CN3CCCC3C(C)(C)O)o2)cc1. The highest BCUT2D eigenvalue weighted by atomic mass is 16.4. The molecule has 5 heteroatoms. The van der Waals surface area contributed by atoms with Gasteiger partial charge in [-0.1, -0.05) is 17.7 Å². The zero-order valence-electron chi connectivity index (χ0n) is 13.4. The number of benzene rings is 1. The highest BCUT2D eigenvalue weighted by Gasteiger charge is 2.36. The first kappa shape index (κ1) is 15.2. The molecule has 22 heavy (non-hydrogen) atoms. The Kier molecular flexibility index (Phi) is 4.02. The van der Waals surface area contributed by atoms with E-state index in [1.165, 1.54) is 5.56 Å². The minimum atomic E-state index is -0.712. The fourth-order valence-electron chi connectivity index (χ4n) is 3.12. The maximum absolute atomic E-state index is 10.3. The van der Waals surface area contributed by atoms with E-state index in [9.17, 15) is 5.11 Å². The molecule has 3 rings (SSSR count). The van der Waals surface area contributed by atoms with Gasteiger partial charge in [-0.05, 0) is 52.3 Å². The Morgan fingerprint density at radius 2 is 2.00 bits per heavy atom. The predicted octanol–water partition coefficient (Wildman–Crippen LogP) is 2.78. The number of hydrogen-bond acceptors (Lipinski definition) is 5. The molecule has 0 bridgehead atoms. The fraction of sp³-hybridized carbons (Fsp3) is 0.529. The van der Waals surface area contributed by atoms with Crippen molar-refractivity contribution in [2.45, 2.75) is 51.8 Å². The van der Waals surface area contributed by atoms with Crippen LogP contribution in [0.25, 0.3) is 11.5 Å². The number of hydrogen-bond donors (Lipinski definition) is 1. The second kappa shape index (κ2) is 5.82. The van der Waals surface area contributed by atoms with Crippen molar-refractivity contribution in [1.29, 1.82) is 0 Å². The van der Waals surface area contributed by atoms with Gasteiger partial charge in [0.05, 0.1) is 12.1 Å². The molecule has 0 amide bonds. The monoisotopic (exact) mass is 301 g/mol. The maximum Gasteiger partial charge on any atom is 0.247 e. The molecular weight excluding hydrogens is 278 g/mol. The summed E-state index contributed by atoms with van der Waals surface area (Å²) in [7, 11) is 0. The van der Waals surface area contributed by atoms with Crippen molar-refractivity contribution < 1.29 is 9.52 Å². The quantitative estimate of drug-likeness (QED) is 0.941. The third-order valence-electron chi connectivity index (χ3n) is 4.28. The number of aliphatic hydroxyl groups is 1. The van der Waals surface area contributed by atoms with Gasteiger partial charge >= 0.3 is 0 Å². The molecule has 1 unspecified atom stereocenters. The molecule has 0 radical (unpaired) electrons. The van der Waals surface area contributed by atoms with Crippen LogP contribution in [0.4, 0.5) is 0 Å². The van der Waals surface area contributed by atoms with Crippen LogP contribution in [0, 0.1) is 6.92 Å². The summed E-state index contributed by atoms with van der Waals surface area (Å²) >= 11 is 0. The van der Waals surface area contributed by atoms with Crippen LogP contribution in [-0.4, -0.2) is 38.4 Å². The first-order valence-corrected chi connectivity index (χ1v) is 7.79. The standard InChI is InChI=1S/C17H23N3O2/c1-12-6-8-13(9-7-12)16-19-18-15(22-16)11-20-10-4-5-14(20)17(2,3)21/h6-9,14,21H,4-5,10-11H2,1-3H3. The average molecular weight is 301 g/mol. The fourth-order valence-corrected chi connectivity index (χ4v) is 3.12. The zero-order valence-corrected chi connectivity index (χ0v) is 13.4. The molecular formula is C17H23N3O2. The van der Waals surface area contributed by atoms with E-state index in [0.717, 1.165) is 24.9 Å². The molecule has 0 aliphatic carbocycles. The largest absolute Gasteiger partial charge is 0.419 e. The van der Waals surface area contributed by atoms with Crippen LogP contribution in [0.5, 0.6) is 0 Å².